The van der Waals surface area contributed by atoms with Gasteiger partial charge in [0.05, 0.1) is 0 Å². The van der Waals surface area contributed by atoms with Crippen LogP contribution >= 0.6 is 11.6 Å². The molecule has 160 valence electrons. The van der Waals surface area contributed by atoms with Crippen molar-refractivity contribution in [2.24, 2.45) is 5.73 Å². The first-order valence-corrected chi connectivity index (χ1v) is 11.5. The van der Waals surface area contributed by atoms with Crippen LogP contribution in [0.15, 0.2) is 53.1 Å². The van der Waals surface area contributed by atoms with Crippen molar-refractivity contribution < 1.29 is 4.52 Å². The highest BCUT2D eigenvalue weighted by atomic mass is 35.5. The molecule has 1 atom stereocenters. The molecule has 2 aromatic carbocycles. The molecule has 0 aliphatic heterocycles. The standard InChI is InChI=1S/C25H32ClN3O/c1-2-3-4-5-6-7-11-24-28-25(30-29-24)21-15-13-20(14-16-21)23(27)17-12-19-9-8-10-22(26)18-19/h8-10,13-16,18,23H,2-7,11-12,17,27H2,1H3. The topological polar surface area (TPSA) is 64.9 Å². The Morgan fingerprint density at radius 2 is 1.73 bits per heavy atom. The van der Waals surface area contributed by atoms with Gasteiger partial charge in [0.2, 0.25) is 0 Å². The molecule has 0 spiro atoms. The van der Waals surface area contributed by atoms with Gasteiger partial charge in [0, 0.05) is 23.0 Å². The maximum Gasteiger partial charge on any atom is 0.257 e. The van der Waals surface area contributed by atoms with E-state index in [1.54, 1.807) is 0 Å². The predicted molar refractivity (Wildman–Crippen MR) is 124 cm³/mol. The molecule has 0 aliphatic carbocycles. The first-order valence-electron chi connectivity index (χ1n) is 11.1. The highest BCUT2D eigenvalue weighted by molar-refractivity contribution is 6.30. The van der Waals surface area contributed by atoms with E-state index in [1.807, 2.05) is 30.3 Å². The van der Waals surface area contributed by atoms with Crippen LogP contribution in [-0.2, 0) is 12.8 Å². The molecule has 0 bridgehead atoms. The van der Waals surface area contributed by atoms with Crippen LogP contribution in [-0.4, -0.2) is 10.1 Å². The first kappa shape index (κ1) is 22.5. The molecule has 3 rings (SSSR count). The van der Waals surface area contributed by atoms with Crippen molar-refractivity contribution >= 4 is 11.6 Å². The molecule has 2 N–H and O–H groups in total. The third-order valence-corrected chi connectivity index (χ3v) is 5.68. The fraction of sp³-hybridized carbons (Fsp3) is 0.440. The minimum absolute atomic E-state index is 0.0241. The fourth-order valence-electron chi connectivity index (χ4n) is 3.59. The number of halogens is 1. The van der Waals surface area contributed by atoms with Crippen molar-refractivity contribution in [2.45, 2.75) is 70.8 Å². The lowest BCUT2D eigenvalue weighted by molar-refractivity contribution is 0.421. The molecule has 1 aromatic heterocycles. The second-order valence-electron chi connectivity index (χ2n) is 7.93. The molecule has 1 unspecified atom stereocenters. The zero-order valence-corrected chi connectivity index (χ0v) is 18.6. The van der Waals surface area contributed by atoms with Crippen molar-refractivity contribution in [3.63, 3.8) is 0 Å². The maximum absolute atomic E-state index is 6.39. The number of aromatic nitrogens is 2. The smallest absolute Gasteiger partial charge is 0.257 e. The Balaban J connectivity index is 1.48. The molecule has 0 aliphatic rings. The van der Waals surface area contributed by atoms with Gasteiger partial charge in [-0.1, -0.05) is 80.1 Å². The lowest BCUT2D eigenvalue weighted by Gasteiger charge is -2.12. The molecule has 5 heteroatoms. The Kier molecular flexibility index (Phi) is 8.91. The third kappa shape index (κ3) is 6.96. The lowest BCUT2D eigenvalue weighted by atomic mass is 9.99. The Morgan fingerprint density at radius 3 is 2.50 bits per heavy atom. The lowest BCUT2D eigenvalue weighted by Crippen LogP contribution is -2.11. The van der Waals surface area contributed by atoms with Crippen LogP contribution in [0.3, 0.4) is 0 Å². The Labute approximate surface area is 184 Å². The molecule has 30 heavy (non-hydrogen) atoms. The summed E-state index contributed by atoms with van der Waals surface area (Å²) < 4.78 is 5.46. The zero-order valence-electron chi connectivity index (χ0n) is 17.8. The average molecular weight is 426 g/mol. The first-order chi connectivity index (χ1) is 14.7. The summed E-state index contributed by atoms with van der Waals surface area (Å²) in [5.41, 5.74) is 9.63. The number of rotatable bonds is 12. The van der Waals surface area contributed by atoms with E-state index in [4.69, 9.17) is 21.9 Å². The zero-order chi connectivity index (χ0) is 21.2. The Hall–Kier alpha value is -2.17. The van der Waals surface area contributed by atoms with Crippen LogP contribution < -0.4 is 5.73 Å². The molecule has 0 saturated heterocycles. The summed E-state index contributed by atoms with van der Waals surface area (Å²) in [6.45, 7) is 2.24. The summed E-state index contributed by atoms with van der Waals surface area (Å²) in [5, 5.41) is 4.90. The van der Waals surface area contributed by atoms with Crippen molar-refractivity contribution in [2.75, 3.05) is 0 Å². The van der Waals surface area contributed by atoms with E-state index in [2.05, 4.69) is 35.3 Å². The number of unbranched alkanes of at least 4 members (excludes halogenated alkanes) is 5. The van der Waals surface area contributed by atoms with Crippen LogP contribution in [0.25, 0.3) is 11.5 Å². The summed E-state index contributed by atoms with van der Waals surface area (Å²) in [6, 6.07) is 16.0. The molecular weight excluding hydrogens is 394 g/mol. The quantitative estimate of drug-likeness (QED) is 0.319. The van der Waals surface area contributed by atoms with E-state index in [0.29, 0.717) is 5.89 Å². The maximum atomic E-state index is 6.39. The Bertz CT molecular complexity index is 891. The SMILES string of the molecule is CCCCCCCCc1noc(-c2ccc(C(N)CCc3cccc(Cl)c3)cc2)n1. The van der Waals surface area contributed by atoms with Gasteiger partial charge in [-0.2, -0.15) is 4.98 Å². The number of benzene rings is 2. The van der Waals surface area contributed by atoms with E-state index in [1.165, 1.54) is 37.7 Å². The number of hydrogen-bond donors (Lipinski definition) is 1. The summed E-state index contributed by atoms with van der Waals surface area (Å²) in [4.78, 5) is 4.55. The molecule has 4 nitrogen and oxygen atoms in total. The van der Waals surface area contributed by atoms with E-state index < -0.39 is 0 Å². The summed E-state index contributed by atoms with van der Waals surface area (Å²) in [6.07, 6.45) is 10.2. The normalized spacial score (nSPS) is 12.2. The minimum atomic E-state index is -0.0241. The van der Waals surface area contributed by atoms with E-state index in [9.17, 15) is 0 Å². The van der Waals surface area contributed by atoms with Gasteiger partial charge in [0.15, 0.2) is 5.82 Å². The van der Waals surface area contributed by atoms with E-state index >= 15 is 0 Å². The molecule has 0 amide bonds. The molecule has 1 heterocycles. The number of aryl methyl sites for hydroxylation is 2. The number of nitrogens with two attached hydrogens (primary N) is 1. The van der Waals surface area contributed by atoms with Gasteiger partial charge in [-0.15, -0.1) is 0 Å². The molecule has 0 fully saturated rings. The second-order valence-corrected chi connectivity index (χ2v) is 8.37. The average Bonchev–Trinajstić information content (AvgIpc) is 3.23. The van der Waals surface area contributed by atoms with Gasteiger partial charge in [-0.05, 0) is 54.7 Å². The highest BCUT2D eigenvalue weighted by Crippen LogP contribution is 2.23. The minimum Gasteiger partial charge on any atom is -0.334 e. The van der Waals surface area contributed by atoms with Gasteiger partial charge in [-0.3, -0.25) is 0 Å². The fourth-order valence-corrected chi connectivity index (χ4v) is 3.80. The van der Waals surface area contributed by atoms with Crippen LogP contribution in [0.2, 0.25) is 5.02 Å². The molecule has 0 saturated carbocycles. The second kappa shape index (κ2) is 11.9. The van der Waals surface area contributed by atoms with Crippen molar-refractivity contribution in [1.82, 2.24) is 10.1 Å². The van der Waals surface area contributed by atoms with Crippen LogP contribution in [0.5, 0.6) is 0 Å². The number of nitrogens with zero attached hydrogens (tertiary/aromatic N) is 2. The van der Waals surface area contributed by atoms with Crippen molar-refractivity contribution in [1.29, 1.82) is 0 Å². The van der Waals surface area contributed by atoms with Crippen molar-refractivity contribution in [3.8, 4) is 11.5 Å². The number of hydrogen-bond acceptors (Lipinski definition) is 4. The summed E-state index contributed by atoms with van der Waals surface area (Å²) >= 11 is 6.06. The molecule has 0 radical (unpaired) electrons. The monoisotopic (exact) mass is 425 g/mol. The predicted octanol–water partition coefficient (Wildman–Crippen LogP) is 6.93. The van der Waals surface area contributed by atoms with Gasteiger partial charge in [-0.25, -0.2) is 0 Å². The highest BCUT2D eigenvalue weighted by Gasteiger charge is 2.11. The van der Waals surface area contributed by atoms with Crippen LogP contribution in [0, 0.1) is 0 Å². The largest absolute Gasteiger partial charge is 0.334 e. The third-order valence-electron chi connectivity index (χ3n) is 5.44. The van der Waals surface area contributed by atoms with Crippen LogP contribution in [0.4, 0.5) is 0 Å². The summed E-state index contributed by atoms with van der Waals surface area (Å²) in [5.74, 6) is 1.37. The van der Waals surface area contributed by atoms with Crippen molar-refractivity contribution in [3.05, 3.63) is 70.5 Å². The van der Waals surface area contributed by atoms with E-state index in [-0.39, 0.29) is 6.04 Å². The van der Waals surface area contributed by atoms with Gasteiger partial charge in [0.25, 0.3) is 5.89 Å². The molecular formula is C25H32ClN3O. The van der Waals surface area contributed by atoms with Crippen LogP contribution in [0.1, 0.15) is 74.9 Å². The summed E-state index contributed by atoms with van der Waals surface area (Å²) in [7, 11) is 0. The Morgan fingerprint density at radius 1 is 0.967 bits per heavy atom. The van der Waals surface area contributed by atoms with Gasteiger partial charge < -0.3 is 10.3 Å². The molecule has 3 aromatic rings. The van der Waals surface area contributed by atoms with Gasteiger partial charge >= 0.3 is 0 Å². The van der Waals surface area contributed by atoms with E-state index in [0.717, 1.165) is 47.7 Å². The van der Waals surface area contributed by atoms with Gasteiger partial charge in [0.1, 0.15) is 0 Å².